The van der Waals surface area contributed by atoms with Crippen LogP contribution in [0.1, 0.15) is 5.56 Å². The number of nitrogens with zero attached hydrogens (tertiary/aromatic N) is 3. The second-order valence-corrected chi connectivity index (χ2v) is 6.72. The molecule has 0 unspecified atom stereocenters. The van der Waals surface area contributed by atoms with Crippen molar-refractivity contribution in [2.45, 2.75) is 0 Å². The second kappa shape index (κ2) is 7.51. The molecular formula is C17H16Cl3N3O. The molecule has 3 rings (SSSR count). The van der Waals surface area contributed by atoms with Gasteiger partial charge in [-0.2, -0.15) is 0 Å². The number of anilines is 1. The average molecular weight is 385 g/mol. The first-order chi connectivity index (χ1) is 11.6. The van der Waals surface area contributed by atoms with Crippen LogP contribution in [0.2, 0.25) is 15.1 Å². The van der Waals surface area contributed by atoms with Gasteiger partial charge in [0.25, 0.3) is 0 Å². The van der Waals surface area contributed by atoms with Crippen LogP contribution in [0.5, 0.6) is 0 Å². The van der Waals surface area contributed by atoms with Gasteiger partial charge in [0.1, 0.15) is 0 Å². The molecule has 0 aromatic heterocycles. The Hall–Kier alpha value is -1.62. The monoisotopic (exact) mass is 383 g/mol. The summed E-state index contributed by atoms with van der Waals surface area (Å²) in [7, 11) is 0. The van der Waals surface area contributed by atoms with Gasteiger partial charge in [-0.25, -0.2) is 0 Å². The van der Waals surface area contributed by atoms with Gasteiger partial charge in [-0.3, -0.25) is 0 Å². The van der Waals surface area contributed by atoms with Gasteiger partial charge in [0.2, 0.25) is 0 Å². The third-order valence-corrected chi connectivity index (χ3v) is 4.91. The zero-order valence-corrected chi connectivity index (χ0v) is 15.1. The first kappa shape index (κ1) is 17.2. The van der Waals surface area contributed by atoms with Gasteiger partial charge in [0, 0.05) is 36.8 Å². The molecule has 1 N–H and O–H groups in total. The van der Waals surface area contributed by atoms with E-state index >= 15 is 0 Å². The van der Waals surface area contributed by atoms with E-state index in [9.17, 15) is 5.21 Å². The SMILES string of the molecule is ON=C(c1ccc(Cl)cc1Cl)N1CCN(c2ccccc2Cl)CC1. The van der Waals surface area contributed by atoms with Gasteiger partial charge in [-0.1, -0.05) is 52.1 Å². The van der Waals surface area contributed by atoms with Crippen LogP contribution in [0.25, 0.3) is 0 Å². The van der Waals surface area contributed by atoms with E-state index in [1.165, 1.54) is 0 Å². The molecule has 0 saturated carbocycles. The number of amidine groups is 1. The number of para-hydroxylation sites is 1. The highest BCUT2D eigenvalue weighted by atomic mass is 35.5. The summed E-state index contributed by atoms with van der Waals surface area (Å²) < 4.78 is 0. The van der Waals surface area contributed by atoms with E-state index in [0.29, 0.717) is 34.5 Å². The Morgan fingerprint density at radius 1 is 0.917 bits per heavy atom. The molecule has 0 atom stereocenters. The Balaban J connectivity index is 1.74. The highest BCUT2D eigenvalue weighted by Gasteiger charge is 2.23. The minimum Gasteiger partial charge on any atom is -0.409 e. The molecule has 2 aromatic rings. The van der Waals surface area contributed by atoms with Crippen molar-refractivity contribution in [3.05, 3.63) is 63.1 Å². The summed E-state index contributed by atoms with van der Waals surface area (Å²) in [6, 6.07) is 12.9. The average Bonchev–Trinajstić information content (AvgIpc) is 2.58. The summed E-state index contributed by atoms with van der Waals surface area (Å²) in [5.41, 5.74) is 1.68. The fraction of sp³-hybridized carbons (Fsp3) is 0.235. The fourth-order valence-electron chi connectivity index (χ4n) is 2.83. The highest BCUT2D eigenvalue weighted by Crippen LogP contribution is 2.27. The van der Waals surface area contributed by atoms with Gasteiger partial charge in [0.05, 0.1) is 15.7 Å². The Bertz CT molecular complexity index is 758. The maximum absolute atomic E-state index is 9.47. The maximum Gasteiger partial charge on any atom is 0.176 e. The van der Waals surface area contributed by atoms with Crippen LogP contribution in [-0.2, 0) is 0 Å². The Kier molecular flexibility index (Phi) is 5.39. The number of rotatable bonds is 2. The maximum atomic E-state index is 9.47. The lowest BCUT2D eigenvalue weighted by Crippen LogP contribution is -2.49. The van der Waals surface area contributed by atoms with Crippen LogP contribution < -0.4 is 4.90 Å². The van der Waals surface area contributed by atoms with Crippen LogP contribution in [0, 0.1) is 0 Å². The predicted molar refractivity (Wildman–Crippen MR) is 100 cm³/mol. The van der Waals surface area contributed by atoms with E-state index in [2.05, 4.69) is 10.1 Å². The van der Waals surface area contributed by atoms with Gasteiger partial charge < -0.3 is 15.0 Å². The van der Waals surface area contributed by atoms with Gasteiger partial charge in [-0.15, -0.1) is 0 Å². The molecule has 7 heteroatoms. The number of halogens is 3. The van der Waals surface area contributed by atoms with E-state index in [0.717, 1.165) is 23.8 Å². The van der Waals surface area contributed by atoms with Crippen LogP contribution in [0.15, 0.2) is 47.6 Å². The van der Waals surface area contributed by atoms with Crippen molar-refractivity contribution in [2.75, 3.05) is 31.1 Å². The molecule has 24 heavy (non-hydrogen) atoms. The quantitative estimate of drug-likeness (QED) is 0.356. The van der Waals surface area contributed by atoms with Gasteiger partial charge >= 0.3 is 0 Å². The third-order valence-electron chi connectivity index (χ3n) is 4.04. The molecule has 126 valence electrons. The summed E-state index contributed by atoms with van der Waals surface area (Å²) in [4.78, 5) is 4.22. The van der Waals surface area contributed by atoms with Crippen molar-refractivity contribution < 1.29 is 5.21 Å². The fourth-order valence-corrected chi connectivity index (χ4v) is 3.57. The molecule has 1 heterocycles. The number of oxime groups is 1. The Labute approximate surface area is 155 Å². The van der Waals surface area contributed by atoms with Crippen LogP contribution in [-0.4, -0.2) is 42.1 Å². The summed E-state index contributed by atoms with van der Waals surface area (Å²) in [6.07, 6.45) is 0. The molecule has 0 radical (unpaired) electrons. The number of hydrogen-bond acceptors (Lipinski definition) is 3. The van der Waals surface area contributed by atoms with Crippen molar-refractivity contribution in [3.8, 4) is 0 Å². The van der Waals surface area contributed by atoms with Crippen molar-refractivity contribution >= 4 is 46.3 Å². The summed E-state index contributed by atoms with van der Waals surface area (Å²) in [6.45, 7) is 2.94. The normalized spacial score (nSPS) is 15.7. The highest BCUT2D eigenvalue weighted by molar-refractivity contribution is 6.37. The molecule has 2 aromatic carbocycles. The molecular weight excluding hydrogens is 369 g/mol. The van der Waals surface area contributed by atoms with Crippen molar-refractivity contribution in [1.29, 1.82) is 0 Å². The zero-order valence-electron chi connectivity index (χ0n) is 12.8. The van der Waals surface area contributed by atoms with Crippen molar-refractivity contribution in [2.24, 2.45) is 5.16 Å². The van der Waals surface area contributed by atoms with E-state index < -0.39 is 0 Å². The summed E-state index contributed by atoms with van der Waals surface area (Å²) in [5.74, 6) is 0.454. The summed E-state index contributed by atoms with van der Waals surface area (Å²) >= 11 is 18.4. The van der Waals surface area contributed by atoms with Crippen molar-refractivity contribution in [1.82, 2.24) is 4.90 Å². The smallest absolute Gasteiger partial charge is 0.176 e. The molecule has 0 spiro atoms. The van der Waals surface area contributed by atoms with E-state index in [1.54, 1.807) is 18.2 Å². The minimum absolute atomic E-state index is 0.454. The first-order valence-electron chi connectivity index (χ1n) is 7.52. The second-order valence-electron chi connectivity index (χ2n) is 5.47. The number of piperazine rings is 1. The largest absolute Gasteiger partial charge is 0.409 e. The molecule has 0 amide bonds. The topological polar surface area (TPSA) is 39.1 Å². The molecule has 1 saturated heterocycles. The third kappa shape index (κ3) is 3.56. The lowest BCUT2D eigenvalue weighted by atomic mass is 10.1. The van der Waals surface area contributed by atoms with Gasteiger partial charge in [-0.05, 0) is 30.3 Å². The molecule has 1 aliphatic heterocycles. The molecule has 0 bridgehead atoms. The lowest BCUT2D eigenvalue weighted by Gasteiger charge is -2.37. The minimum atomic E-state index is 0.454. The van der Waals surface area contributed by atoms with Crippen molar-refractivity contribution in [3.63, 3.8) is 0 Å². The molecule has 1 aliphatic rings. The number of hydrogen-bond donors (Lipinski definition) is 1. The molecule has 4 nitrogen and oxygen atoms in total. The predicted octanol–water partition coefficient (Wildman–Crippen LogP) is 4.60. The first-order valence-corrected chi connectivity index (χ1v) is 8.65. The van der Waals surface area contributed by atoms with E-state index in [-0.39, 0.29) is 0 Å². The Morgan fingerprint density at radius 2 is 1.62 bits per heavy atom. The molecule has 0 aliphatic carbocycles. The van der Waals surface area contributed by atoms with Crippen LogP contribution >= 0.6 is 34.8 Å². The summed E-state index contributed by atoms with van der Waals surface area (Å²) in [5, 5.41) is 14.7. The lowest BCUT2D eigenvalue weighted by molar-refractivity contribution is 0.296. The molecule has 1 fully saturated rings. The van der Waals surface area contributed by atoms with E-state index in [4.69, 9.17) is 34.8 Å². The van der Waals surface area contributed by atoms with Crippen LogP contribution in [0.3, 0.4) is 0 Å². The standard InChI is InChI=1S/C17H16Cl3N3O/c18-12-5-6-13(15(20)11-12)17(21-24)23-9-7-22(8-10-23)16-4-2-1-3-14(16)19/h1-6,11,24H,7-10H2. The van der Waals surface area contributed by atoms with E-state index in [1.807, 2.05) is 29.2 Å². The Morgan fingerprint density at radius 3 is 2.25 bits per heavy atom. The zero-order chi connectivity index (χ0) is 17.1. The van der Waals surface area contributed by atoms with Gasteiger partial charge in [0.15, 0.2) is 5.84 Å². The number of benzene rings is 2. The van der Waals surface area contributed by atoms with Crippen LogP contribution in [0.4, 0.5) is 5.69 Å².